The Morgan fingerprint density at radius 3 is 2.71 bits per heavy atom. The number of halogens is 1. The van der Waals surface area contributed by atoms with Crippen LogP contribution >= 0.6 is 11.6 Å². The molecule has 0 fully saturated rings. The molecule has 0 spiro atoms. The van der Waals surface area contributed by atoms with Crippen molar-refractivity contribution in [3.63, 3.8) is 0 Å². The molecule has 2 aromatic rings. The summed E-state index contributed by atoms with van der Waals surface area (Å²) in [5.41, 5.74) is 2.35. The molecule has 0 radical (unpaired) electrons. The zero-order chi connectivity index (χ0) is 15.1. The number of rotatable bonds is 7. The molecule has 0 saturated heterocycles. The highest BCUT2D eigenvalue weighted by Gasteiger charge is 2.06. The second-order valence-electron chi connectivity index (χ2n) is 5.03. The second-order valence-corrected chi connectivity index (χ2v) is 5.47. The number of aryl methyl sites for hydroxylation is 1. The van der Waals surface area contributed by atoms with E-state index in [0.29, 0.717) is 0 Å². The largest absolute Gasteiger partial charge is 0.457 e. The van der Waals surface area contributed by atoms with Crippen LogP contribution in [0.4, 0.5) is 0 Å². The lowest BCUT2D eigenvalue weighted by molar-refractivity contribution is 0.472. The van der Waals surface area contributed by atoms with Gasteiger partial charge < -0.3 is 10.1 Å². The summed E-state index contributed by atoms with van der Waals surface area (Å²) in [6, 6.07) is 14.0. The molecule has 0 aliphatic rings. The Morgan fingerprint density at radius 2 is 1.95 bits per heavy atom. The summed E-state index contributed by atoms with van der Waals surface area (Å²) < 4.78 is 6.04. The van der Waals surface area contributed by atoms with Crippen molar-refractivity contribution in [1.29, 1.82) is 0 Å². The van der Waals surface area contributed by atoms with Gasteiger partial charge in [-0.2, -0.15) is 0 Å². The van der Waals surface area contributed by atoms with Crippen LogP contribution in [0.25, 0.3) is 0 Å². The van der Waals surface area contributed by atoms with Crippen LogP contribution in [0.5, 0.6) is 11.5 Å². The van der Waals surface area contributed by atoms with Crippen molar-refractivity contribution >= 4 is 11.6 Å². The smallest absolute Gasteiger partial charge is 0.132 e. The average Bonchev–Trinajstić information content (AvgIpc) is 2.50. The number of hydrogen-bond acceptors (Lipinski definition) is 2. The summed E-state index contributed by atoms with van der Waals surface area (Å²) in [4.78, 5) is 0. The fourth-order valence-electron chi connectivity index (χ4n) is 2.14. The number of ether oxygens (including phenoxy) is 1. The molecule has 2 nitrogen and oxygen atoms in total. The molecule has 0 unspecified atom stereocenters. The molecule has 0 aromatic heterocycles. The van der Waals surface area contributed by atoms with Crippen molar-refractivity contribution in [2.75, 3.05) is 6.54 Å². The summed E-state index contributed by atoms with van der Waals surface area (Å²) >= 11 is 6.10. The molecule has 1 N–H and O–H groups in total. The summed E-state index contributed by atoms with van der Waals surface area (Å²) in [6.07, 6.45) is 2.11. The van der Waals surface area contributed by atoms with Crippen LogP contribution < -0.4 is 10.1 Å². The standard InChI is InChI=1S/C18H22ClNO/c1-3-10-20-13-15-12-16(19)8-9-18(15)21-17-7-5-6-14(4-2)11-17/h5-9,11-12,20H,3-4,10,13H2,1-2H3. The van der Waals surface area contributed by atoms with Gasteiger partial charge in [0.2, 0.25) is 0 Å². The van der Waals surface area contributed by atoms with Crippen LogP contribution in [0.3, 0.4) is 0 Å². The van der Waals surface area contributed by atoms with Gasteiger partial charge in [-0.25, -0.2) is 0 Å². The van der Waals surface area contributed by atoms with E-state index in [4.69, 9.17) is 16.3 Å². The van der Waals surface area contributed by atoms with Gasteiger partial charge >= 0.3 is 0 Å². The lowest BCUT2D eigenvalue weighted by Crippen LogP contribution is -2.14. The van der Waals surface area contributed by atoms with E-state index in [0.717, 1.165) is 48.0 Å². The highest BCUT2D eigenvalue weighted by Crippen LogP contribution is 2.28. The van der Waals surface area contributed by atoms with Gasteiger partial charge in [0.15, 0.2) is 0 Å². The van der Waals surface area contributed by atoms with E-state index in [-0.39, 0.29) is 0 Å². The number of nitrogens with one attached hydrogen (secondary N) is 1. The maximum absolute atomic E-state index is 6.10. The molecule has 2 aromatic carbocycles. The van der Waals surface area contributed by atoms with Crippen molar-refractivity contribution in [3.8, 4) is 11.5 Å². The normalized spacial score (nSPS) is 10.6. The maximum atomic E-state index is 6.10. The zero-order valence-electron chi connectivity index (χ0n) is 12.7. The van der Waals surface area contributed by atoms with Crippen molar-refractivity contribution in [1.82, 2.24) is 5.32 Å². The molecule has 21 heavy (non-hydrogen) atoms. The van der Waals surface area contributed by atoms with E-state index in [1.165, 1.54) is 5.56 Å². The van der Waals surface area contributed by atoms with Crippen LogP contribution in [0.15, 0.2) is 42.5 Å². The van der Waals surface area contributed by atoms with Crippen LogP contribution in [0.1, 0.15) is 31.4 Å². The first kappa shape index (κ1) is 15.9. The Labute approximate surface area is 132 Å². The molecule has 0 aliphatic carbocycles. The van der Waals surface area contributed by atoms with Crippen LogP contribution in [0.2, 0.25) is 5.02 Å². The van der Waals surface area contributed by atoms with Crippen molar-refractivity contribution in [3.05, 3.63) is 58.6 Å². The highest BCUT2D eigenvalue weighted by molar-refractivity contribution is 6.30. The molecule has 0 bridgehead atoms. The fourth-order valence-corrected chi connectivity index (χ4v) is 2.34. The van der Waals surface area contributed by atoms with E-state index in [2.05, 4.69) is 31.3 Å². The van der Waals surface area contributed by atoms with Gasteiger partial charge in [0, 0.05) is 17.1 Å². The van der Waals surface area contributed by atoms with Crippen LogP contribution in [0, 0.1) is 0 Å². The van der Waals surface area contributed by atoms with Crippen LogP contribution in [-0.4, -0.2) is 6.54 Å². The van der Waals surface area contributed by atoms with E-state index >= 15 is 0 Å². The molecule has 0 aliphatic heterocycles. The summed E-state index contributed by atoms with van der Waals surface area (Å²) in [5, 5.41) is 4.12. The molecule has 2 rings (SSSR count). The first-order valence-corrected chi connectivity index (χ1v) is 7.86. The lowest BCUT2D eigenvalue weighted by Gasteiger charge is -2.13. The molecule has 3 heteroatoms. The van der Waals surface area contributed by atoms with E-state index in [1.54, 1.807) is 0 Å². The van der Waals surface area contributed by atoms with Gasteiger partial charge in [-0.3, -0.25) is 0 Å². The van der Waals surface area contributed by atoms with Crippen molar-refractivity contribution < 1.29 is 4.74 Å². The third-order valence-electron chi connectivity index (χ3n) is 3.30. The Hall–Kier alpha value is -1.51. The van der Waals surface area contributed by atoms with Gasteiger partial charge in [0.05, 0.1) is 0 Å². The predicted octanol–water partition coefficient (Wildman–Crippen LogP) is 5.19. The van der Waals surface area contributed by atoms with Gasteiger partial charge in [0.1, 0.15) is 11.5 Å². The Morgan fingerprint density at radius 1 is 1.10 bits per heavy atom. The molecular weight excluding hydrogens is 282 g/mol. The summed E-state index contributed by atoms with van der Waals surface area (Å²) in [6.45, 7) is 6.04. The highest BCUT2D eigenvalue weighted by atomic mass is 35.5. The van der Waals surface area contributed by atoms with E-state index < -0.39 is 0 Å². The minimum Gasteiger partial charge on any atom is -0.457 e. The van der Waals surface area contributed by atoms with Crippen molar-refractivity contribution in [2.24, 2.45) is 0 Å². The quantitative estimate of drug-likeness (QED) is 0.710. The van der Waals surface area contributed by atoms with Gasteiger partial charge in [-0.15, -0.1) is 0 Å². The van der Waals surface area contributed by atoms with Crippen LogP contribution in [-0.2, 0) is 13.0 Å². The molecule has 112 valence electrons. The third kappa shape index (κ3) is 4.76. The SMILES string of the molecule is CCCNCc1cc(Cl)ccc1Oc1cccc(CC)c1. The fraction of sp³-hybridized carbons (Fsp3) is 0.333. The lowest BCUT2D eigenvalue weighted by atomic mass is 10.1. The molecule has 0 saturated carbocycles. The Kier molecular flexibility index (Phi) is 6.09. The molecular formula is C18H22ClNO. The maximum Gasteiger partial charge on any atom is 0.132 e. The Balaban J connectivity index is 2.17. The summed E-state index contributed by atoms with van der Waals surface area (Å²) in [7, 11) is 0. The first-order chi connectivity index (χ1) is 10.2. The number of benzene rings is 2. The number of hydrogen-bond donors (Lipinski definition) is 1. The first-order valence-electron chi connectivity index (χ1n) is 7.49. The minimum absolute atomic E-state index is 0.734. The van der Waals surface area contributed by atoms with E-state index in [1.807, 2.05) is 30.3 Å². The second kappa shape index (κ2) is 8.06. The van der Waals surface area contributed by atoms with Gasteiger partial charge in [0.25, 0.3) is 0 Å². The topological polar surface area (TPSA) is 21.3 Å². The molecule has 0 atom stereocenters. The zero-order valence-corrected chi connectivity index (χ0v) is 13.4. The monoisotopic (exact) mass is 303 g/mol. The van der Waals surface area contributed by atoms with Crippen molar-refractivity contribution in [2.45, 2.75) is 33.2 Å². The average molecular weight is 304 g/mol. The third-order valence-corrected chi connectivity index (χ3v) is 3.53. The molecule has 0 amide bonds. The minimum atomic E-state index is 0.734. The molecule has 0 heterocycles. The predicted molar refractivity (Wildman–Crippen MR) is 89.3 cm³/mol. The van der Waals surface area contributed by atoms with Gasteiger partial charge in [-0.1, -0.05) is 37.6 Å². The van der Waals surface area contributed by atoms with Gasteiger partial charge in [-0.05, 0) is 55.3 Å². The Bertz CT molecular complexity index is 583. The van der Waals surface area contributed by atoms with E-state index in [9.17, 15) is 0 Å². The summed E-state index contributed by atoms with van der Waals surface area (Å²) in [5.74, 6) is 1.73.